The highest BCUT2D eigenvalue weighted by molar-refractivity contribution is 7.99. The molecule has 0 spiro atoms. The predicted octanol–water partition coefficient (Wildman–Crippen LogP) is 3.59. The fourth-order valence-corrected chi connectivity index (χ4v) is 3.22. The number of carbonyl (C=O) groups excluding carboxylic acids is 2. The van der Waals surface area contributed by atoms with E-state index in [2.05, 4.69) is 41.8 Å². The summed E-state index contributed by atoms with van der Waals surface area (Å²) in [5.74, 6) is 1.50. The van der Waals surface area contributed by atoms with Crippen molar-refractivity contribution in [2.75, 3.05) is 16.4 Å². The van der Waals surface area contributed by atoms with Crippen molar-refractivity contribution in [2.24, 2.45) is 0 Å². The molecule has 25 heavy (non-hydrogen) atoms. The molecule has 5 nitrogen and oxygen atoms in total. The number of carbonyl (C=O) groups is 2. The van der Waals surface area contributed by atoms with E-state index in [0.29, 0.717) is 22.9 Å². The summed E-state index contributed by atoms with van der Waals surface area (Å²) in [6, 6.07) is 13.5. The van der Waals surface area contributed by atoms with Gasteiger partial charge in [0.1, 0.15) is 5.75 Å². The number of benzene rings is 2. The van der Waals surface area contributed by atoms with Crippen molar-refractivity contribution in [2.45, 2.75) is 25.7 Å². The molecule has 130 valence electrons. The Labute approximate surface area is 151 Å². The lowest BCUT2D eigenvalue weighted by molar-refractivity contribution is -0.122. The van der Waals surface area contributed by atoms with Gasteiger partial charge in [-0.05, 0) is 37.6 Å². The summed E-state index contributed by atoms with van der Waals surface area (Å²) in [6.07, 6.45) is -0.508. The van der Waals surface area contributed by atoms with E-state index in [0.717, 1.165) is 5.75 Å². The second kappa shape index (κ2) is 7.61. The normalized spacial score (nSPS) is 15.8. The van der Waals surface area contributed by atoms with E-state index in [1.54, 1.807) is 36.9 Å². The molecule has 0 saturated carbocycles. The highest BCUT2D eigenvalue weighted by Gasteiger charge is 2.23. The summed E-state index contributed by atoms with van der Waals surface area (Å²) in [7, 11) is 0. The number of hydrogen-bond donors (Lipinski definition) is 2. The Morgan fingerprint density at radius 1 is 1.24 bits per heavy atom. The highest BCUT2D eigenvalue weighted by atomic mass is 32.2. The van der Waals surface area contributed by atoms with Crippen molar-refractivity contribution in [1.82, 2.24) is 0 Å². The molecule has 2 N–H and O–H groups in total. The third-order valence-electron chi connectivity index (χ3n) is 3.82. The van der Waals surface area contributed by atoms with Gasteiger partial charge in [0.2, 0.25) is 5.91 Å². The Morgan fingerprint density at radius 3 is 2.76 bits per heavy atom. The summed E-state index contributed by atoms with van der Waals surface area (Å²) in [5, 5.41) is 5.62. The van der Waals surface area contributed by atoms with Gasteiger partial charge in [-0.1, -0.05) is 29.8 Å². The van der Waals surface area contributed by atoms with Gasteiger partial charge in [-0.3, -0.25) is 9.59 Å². The minimum absolute atomic E-state index is 0.0755. The van der Waals surface area contributed by atoms with Crippen molar-refractivity contribution in [3.63, 3.8) is 0 Å². The van der Waals surface area contributed by atoms with Gasteiger partial charge in [0.25, 0.3) is 5.91 Å². The smallest absolute Gasteiger partial charge is 0.265 e. The van der Waals surface area contributed by atoms with Crippen molar-refractivity contribution >= 4 is 35.0 Å². The van der Waals surface area contributed by atoms with Crippen LogP contribution in [0.25, 0.3) is 0 Å². The summed E-state index contributed by atoms with van der Waals surface area (Å²) in [4.78, 5) is 23.8. The van der Waals surface area contributed by atoms with Gasteiger partial charge in [-0.2, -0.15) is 0 Å². The molecule has 0 bridgehead atoms. The first-order valence-electron chi connectivity index (χ1n) is 8.06. The maximum atomic E-state index is 12.1. The Balaban J connectivity index is 1.52. The van der Waals surface area contributed by atoms with Crippen LogP contribution in [0.4, 0.5) is 11.4 Å². The van der Waals surface area contributed by atoms with Crippen LogP contribution < -0.4 is 15.4 Å². The first kappa shape index (κ1) is 17.4. The minimum Gasteiger partial charge on any atom is -0.479 e. The number of thioether (sulfide) groups is 1. The molecule has 0 radical (unpaired) electrons. The lowest BCUT2D eigenvalue weighted by atomic mass is 10.2. The molecule has 2 aromatic carbocycles. The van der Waals surface area contributed by atoms with Crippen LogP contribution in [-0.2, 0) is 15.3 Å². The fraction of sp³-hybridized carbons (Fsp3) is 0.263. The van der Waals surface area contributed by atoms with E-state index in [1.807, 2.05) is 0 Å². The average molecular weight is 356 g/mol. The number of fused-ring (bicyclic) bond motifs is 1. The van der Waals surface area contributed by atoms with Gasteiger partial charge in [0.05, 0.1) is 11.4 Å². The lowest BCUT2D eigenvalue weighted by Crippen LogP contribution is -2.34. The number of rotatable bonds is 5. The number of ether oxygens (including phenoxy) is 1. The topological polar surface area (TPSA) is 67.4 Å². The Kier molecular flexibility index (Phi) is 5.28. The Hall–Kier alpha value is -2.47. The first-order chi connectivity index (χ1) is 12.0. The quantitative estimate of drug-likeness (QED) is 0.859. The molecule has 1 atom stereocenters. The van der Waals surface area contributed by atoms with Crippen LogP contribution in [0.15, 0.2) is 42.5 Å². The molecule has 2 aromatic rings. The number of amides is 2. The average Bonchev–Trinajstić information content (AvgIpc) is 2.58. The molecule has 0 saturated heterocycles. The van der Waals surface area contributed by atoms with Crippen LogP contribution >= 0.6 is 11.8 Å². The Morgan fingerprint density at radius 2 is 2.00 bits per heavy atom. The molecule has 0 aliphatic carbocycles. The molecule has 0 fully saturated rings. The van der Waals surface area contributed by atoms with Crippen LogP contribution in [0.5, 0.6) is 5.75 Å². The molecule has 1 aliphatic rings. The fourth-order valence-electron chi connectivity index (χ4n) is 2.43. The minimum atomic E-state index is -0.508. The molecular formula is C19H20N2O3S. The molecule has 1 aliphatic heterocycles. The number of aryl methyl sites for hydroxylation is 1. The second-order valence-electron chi connectivity index (χ2n) is 5.99. The van der Waals surface area contributed by atoms with E-state index in [4.69, 9.17) is 4.74 Å². The van der Waals surface area contributed by atoms with Gasteiger partial charge in [-0.25, -0.2) is 0 Å². The molecule has 1 heterocycles. The van der Waals surface area contributed by atoms with Gasteiger partial charge >= 0.3 is 0 Å². The molecule has 1 unspecified atom stereocenters. The summed E-state index contributed by atoms with van der Waals surface area (Å²) in [5.41, 5.74) is 3.64. The SMILES string of the molecule is Cc1ccc(CSCC(=O)Nc2ccc3c(c2)NC(=O)C(C)O3)cc1. The molecule has 2 amide bonds. The van der Waals surface area contributed by atoms with Gasteiger partial charge in [-0.15, -0.1) is 11.8 Å². The number of nitrogens with one attached hydrogen (secondary N) is 2. The van der Waals surface area contributed by atoms with Crippen molar-refractivity contribution in [3.8, 4) is 5.75 Å². The van der Waals surface area contributed by atoms with Gasteiger partial charge in [0, 0.05) is 11.4 Å². The van der Waals surface area contributed by atoms with E-state index in [-0.39, 0.29) is 11.8 Å². The third-order valence-corrected chi connectivity index (χ3v) is 4.82. The monoisotopic (exact) mass is 356 g/mol. The number of anilines is 2. The maximum Gasteiger partial charge on any atom is 0.265 e. The van der Waals surface area contributed by atoms with Crippen LogP contribution in [0.3, 0.4) is 0 Å². The number of hydrogen-bond acceptors (Lipinski definition) is 4. The summed E-state index contributed by atoms with van der Waals surface area (Å²) < 4.78 is 5.50. The van der Waals surface area contributed by atoms with Crippen LogP contribution in [0, 0.1) is 6.92 Å². The van der Waals surface area contributed by atoms with Gasteiger partial charge in [0.15, 0.2) is 6.10 Å². The van der Waals surface area contributed by atoms with Crippen molar-refractivity contribution in [1.29, 1.82) is 0 Å². The molecule has 3 rings (SSSR count). The van der Waals surface area contributed by atoms with Gasteiger partial charge < -0.3 is 15.4 Å². The largest absolute Gasteiger partial charge is 0.479 e. The second-order valence-corrected chi connectivity index (χ2v) is 6.97. The lowest BCUT2D eigenvalue weighted by Gasteiger charge is -2.23. The zero-order chi connectivity index (χ0) is 17.8. The summed E-state index contributed by atoms with van der Waals surface area (Å²) in [6.45, 7) is 3.75. The first-order valence-corrected chi connectivity index (χ1v) is 9.21. The Bertz CT molecular complexity index is 790. The van der Waals surface area contributed by atoms with Crippen LogP contribution in [0.1, 0.15) is 18.1 Å². The van der Waals surface area contributed by atoms with E-state index in [9.17, 15) is 9.59 Å². The zero-order valence-corrected chi connectivity index (χ0v) is 15.0. The molecule has 0 aromatic heterocycles. The zero-order valence-electron chi connectivity index (χ0n) is 14.2. The predicted molar refractivity (Wildman–Crippen MR) is 101 cm³/mol. The van der Waals surface area contributed by atoms with E-state index in [1.165, 1.54) is 11.1 Å². The van der Waals surface area contributed by atoms with Crippen LogP contribution in [-0.4, -0.2) is 23.7 Å². The van der Waals surface area contributed by atoms with Crippen LogP contribution in [0.2, 0.25) is 0 Å². The van der Waals surface area contributed by atoms with Crippen molar-refractivity contribution < 1.29 is 14.3 Å². The standard InChI is InChI=1S/C19H20N2O3S/c1-12-3-5-14(6-4-12)10-25-11-18(22)20-15-7-8-17-16(9-15)21-19(23)13(2)24-17/h3-9,13H,10-11H2,1-2H3,(H,20,22)(H,21,23). The maximum absolute atomic E-state index is 12.1. The summed E-state index contributed by atoms with van der Waals surface area (Å²) >= 11 is 1.56. The van der Waals surface area contributed by atoms with Crippen molar-refractivity contribution in [3.05, 3.63) is 53.6 Å². The third kappa shape index (κ3) is 4.54. The van der Waals surface area contributed by atoms with E-state index < -0.39 is 6.10 Å². The molecular weight excluding hydrogens is 336 g/mol. The van der Waals surface area contributed by atoms with E-state index >= 15 is 0 Å². The molecule has 6 heteroatoms. The highest BCUT2D eigenvalue weighted by Crippen LogP contribution is 2.32.